The standard InChI is InChI=1S/C60H86S8/c1-7-13-19-25-31-43-38-50(57-45(33-27-21-15-9-3)40-52(66-57)59-47(42-54(61)68-59)35-29-23-17-11-5)64-55(43)49-37-44(32-26-20-14-8-2)56(63-49)51-39-46(34-28-22-16-10-4)58(65-51)53-41-48(60(62)67-53)36-30-24-18-12-6/h37-42,61-62H,7-36H2,1-6H3. The fourth-order valence-electron chi connectivity index (χ4n) is 9.71. The van der Waals surface area contributed by atoms with Crippen LogP contribution in [0.4, 0.5) is 0 Å². The van der Waals surface area contributed by atoms with Crippen LogP contribution in [-0.2, 0) is 38.5 Å². The number of thiophene rings is 6. The van der Waals surface area contributed by atoms with E-state index in [0.29, 0.717) is 0 Å². The first-order valence-electron chi connectivity index (χ1n) is 27.5. The highest BCUT2D eigenvalue weighted by Gasteiger charge is 2.24. The third kappa shape index (κ3) is 16.5. The van der Waals surface area contributed by atoms with Crippen molar-refractivity contribution in [3.8, 4) is 48.8 Å². The van der Waals surface area contributed by atoms with Crippen LogP contribution in [-0.4, -0.2) is 0 Å². The van der Waals surface area contributed by atoms with Crippen LogP contribution in [0.25, 0.3) is 48.8 Å². The molecule has 0 amide bonds. The van der Waals surface area contributed by atoms with Gasteiger partial charge in [0.05, 0.1) is 8.42 Å². The molecule has 0 fully saturated rings. The van der Waals surface area contributed by atoms with Gasteiger partial charge >= 0.3 is 0 Å². The molecule has 0 atom stereocenters. The Hall–Kier alpha value is -1.10. The van der Waals surface area contributed by atoms with E-state index in [-0.39, 0.29) is 0 Å². The van der Waals surface area contributed by atoms with Gasteiger partial charge in [0, 0.05) is 48.8 Å². The summed E-state index contributed by atoms with van der Waals surface area (Å²) >= 11 is 22.3. The van der Waals surface area contributed by atoms with E-state index in [9.17, 15) is 0 Å². The number of rotatable bonds is 35. The largest absolute Gasteiger partial charge is 0.133 e. The molecule has 0 N–H and O–H groups in total. The Balaban J connectivity index is 1.43. The van der Waals surface area contributed by atoms with Crippen molar-refractivity contribution in [1.82, 2.24) is 0 Å². The minimum atomic E-state index is 1.15. The Labute approximate surface area is 450 Å². The van der Waals surface area contributed by atoms with Gasteiger partial charge in [-0.25, -0.2) is 0 Å². The van der Waals surface area contributed by atoms with E-state index >= 15 is 0 Å². The van der Waals surface area contributed by atoms with Gasteiger partial charge in [-0.05, 0) is 147 Å². The van der Waals surface area contributed by atoms with Gasteiger partial charge in [-0.3, -0.25) is 0 Å². The lowest BCUT2D eigenvalue weighted by molar-refractivity contribution is 0.665. The van der Waals surface area contributed by atoms with Gasteiger partial charge < -0.3 is 0 Å². The molecule has 0 aliphatic heterocycles. The summed E-state index contributed by atoms with van der Waals surface area (Å²) in [4.78, 5) is 15.0. The molecule has 0 aliphatic rings. The van der Waals surface area contributed by atoms with Crippen molar-refractivity contribution in [3.63, 3.8) is 0 Å². The average molecular weight is 1060 g/mol. The Kier molecular flexibility index (Phi) is 25.5. The van der Waals surface area contributed by atoms with Crippen molar-refractivity contribution in [2.45, 2.75) is 243 Å². The highest BCUT2D eigenvalue weighted by atomic mass is 32.2. The van der Waals surface area contributed by atoms with Gasteiger partial charge in [0.25, 0.3) is 0 Å². The molecule has 0 saturated carbocycles. The zero-order valence-electron chi connectivity index (χ0n) is 43.0. The van der Waals surface area contributed by atoms with Crippen LogP contribution < -0.4 is 0 Å². The van der Waals surface area contributed by atoms with E-state index in [4.69, 9.17) is 25.3 Å². The lowest BCUT2D eigenvalue weighted by Crippen LogP contribution is -1.87. The first kappa shape index (κ1) is 56.2. The van der Waals surface area contributed by atoms with E-state index in [1.54, 1.807) is 32.0 Å². The first-order chi connectivity index (χ1) is 33.3. The first-order valence-corrected chi connectivity index (χ1v) is 33.3. The Morgan fingerprint density at radius 1 is 0.265 bits per heavy atom. The molecular formula is C60H86S8. The molecular weight excluding hydrogens is 977 g/mol. The second kappa shape index (κ2) is 30.8. The van der Waals surface area contributed by atoms with Gasteiger partial charge in [0.1, 0.15) is 0 Å². The van der Waals surface area contributed by atoms with Crippen molar-refractivity contribution < 1.29 is 0 Å². The normalized spacial score (nSPS) is 11.8. The lowest BCUT2D eigenvalue weighted by Gasteiger charge is -2.02. The Morgan fingerprint density at radius 2 is 0.500 bits per heavy atom. The average Bonchev–Trinajstić information content (AvgIpc) is 4.21. The molecule has 0 aromatic carbocycles. The predicted octanol–water partition coefficient (Wildman–Crippen LogP) is 23.7. The fraction of sp³-hybridized carbons (Fsp3) is 0.600. The van der Waals surface area contributed by atoms with Crippen LogP contribution in [0.15, 0.2) is 44.8 Å². The summed E-state index contributed by atoms with van der Waals surface area (Å²) in [5.41, 5.74) is 9.26. The zero-order valence-corrected chi connectivity index (χ0v) is 49.7. The summed E-state index contributed by atoms with van der Waals surface area (Å²) in [5.74, 6) is 0. The Morgan fingerprint density at radius 3 is 0.794 bits per heavy atom. The molecule has 8 heteroatoms. The molecule has 0 saturated heterocycles. The van der Waals surface area contributed by atoms with Gasteiger partial charge in [-0.1, -0.05) is 157 Å². The van der Waals surface area contributed by atoms with Crippen LogP contribution in [0.1, 0.15) is 229 Å². The fourth-order valence-corrected chi connectivity index (χ4v) is 18.0. The summed E-state index contributed by atoms with van der Waals surface area (Å²) in [5, 5.41) is 0. The molecule has 6 aromatic heterocycles. The Bertz CT molecular complexity index is 2330. The van der Waals surface area contributed by atoms with Gasteiger partial charge in [-0.2, -0.15) is 0 Å². The van der Waals surface area contributed by atoms with Crippen LogP contribution in [0.5, 0.6) is 0 Å². The second-order valence-corrected chi connectivity index (χ2v) is 27.5. The summed E-state index contributed by atoms with van der Waals surface area (Å²) < 4.78 is 2.38. The highest BCUT2D eigenvalue weighted by Crippen LogP contribution is 2.52. The quantitative estimate of drug-likeness (QED) is 0.0288. The third-order valence-electron chi connectivity index (χ3n) is 13.7. The van der Waals surface area contributed by atoms with E-state index in [0.717, 1.165) is 17.1 Å². The molecule has 0 nitrogen and oxygen atoms in total. The van der Waals surface area contributed by atoms with E-state index in [1.165, 1.54) is 234 Å². The molecule has 6 heterocycles. The minimum Gasteiger partial charge on any atom is -0.133 e. The van der Waals surface area contributed by atoms with Crippen LogP contribution >= 0.6 is 93.3 Å². The molecule has 68 heavy (non-hydrogen) atoms. The lowest BCUT2D eigenvalue weighted by atomic mass is 10.0. The molecule has 0 spiro atoms. The van der Waals surface area contributed by atoms with E-state index < -0.39 is 0 Å². The topological polar surface area (TPSA) is 0 Å². The number of hydrogen-bond donors (Lipinski definition) is 2. The highest BCUT2D eigenvalue weighted by molar-refractivity contribution is 7.83. The zero-order chi connectivity index (χ0) is 48.1. The van der Waals surface area contributed by atoms with Crippen molar-refractivity contribution in [3.05, 3.63) is 69.8 Å². The van der Waals surface area contributed by atoms with Crippen LogP contribution in [0.3, 0.4) is 0 Å². The molecule has 0 radical (unpaired) electrons. The molecule has 0 aliphatic carbocycles. The van der Waals surface area contributed by atoms with Crippen LogP contribution in [0.2, 0.25) is 0 Å². The summed E-state index contributed by atoms with van der Waals surface area (Å²) in [7, 11) is 0. The number of unbranched alkanes of at least 4 members (excludes halogenated alkanes) is 18. The van der Waals surface area contributed by atoms with Gasteiger partial charge in [0.15, 0.2) is 0 Å². The molecule has 0 bridgehead atoms. The number of thiol groups is 2. The number of aryl methyl sites for hydroxylation is 6. The van der Waals surface area contributed by atoms with Crippen LogP contribution in [0, 0.1) is 0 Å². The second-order valence-electron chi connectivity index (χ2n) is 19.6. The maximum atomic E-state index is 5.09. The SMILES string of the molecule is CCCCCCc1cc(-c2sc(-c3sc(-c4sc(-c5sc(-c6sc(S)cc6CCCCCC)cc5CCCCCC)cc4CCCCCC)cc3CCCCCC)cc2CCCCCC)sc1S. The maximum absolute atomic E-state index is 5.09. The van der Waals surface area contributed by atoms with Gasteiger partial charge in [0.2, 0.25) is 0 Å². The van der Waals surface area contributed by atoms with Crippen molar-refractivity contribution >= 4 is 93.3 Å². The number of hydrogen-bond acceptors (Lipinski definition) is 8. The molecule has 0 unspecified atom stereocenters. The third-order valence-corrected chi connectivity index (χ3v) is 22.3. The summed E-state index contributed by atoms with van der Waals surface area (Å²) in [6.07, 6.45) is 38.1. The minimum absolute atomic E-state index is 1.15. The predicted molar refractivity (Wildman–Crippen MR) is 322 cm³/mol. The van der Waals surface area contributed by atoms with E-state index in [2.05, 4.69) is 123 Å². The van der Waals surface area contributed by atoms with Crippen molar-refractivity contribution in [2.75, 3.05) is 0 Å². The van der Waals surface area contributed by atoms with Gasteiger partial charge in [-0.15, -0.1) is 93.3 Å². The molecule has 6 rings (SSSR count). The van der Waals surface area contributed by atoms with Crippen molar-refractivity contribution in [1.29, 1.82) is 0 Å². The molecule has 6 aromatic rings. The smallest absolute Gasteiger partial charge is 0.0607 e. The molecule has 374 valence electrons. The monoisotopic (exact) mass is 1060 g/mol. The summed E-state index contributed by atoms with van der Waals surface area (Å²) in [6, 6.07) is 15.5. The van der Waals surface area contributed by atoms with Crippen molar-refractivity contribution in [2.24, 2.45) is 0 Å². The summed E-state index contributed by atoms with van der Waals surface area (Å²) in [6.45, 7) is 14.0. The maximum Gasteiger partial charge on any atom is 0.0607 e. The van der Waals surface area contributed by atoms with E-state index in [1.807, 2.05) is 22.7 Å².